The smallest absolute Gasteiger partial charge is 0.228 e. The van der Waals surface area contributed by atoms with Crippen LogP contribution in [-0.2, 0) is 11.2 Å². The Balaban J connectivity index is 1.37. The van der Waals surface area contributed by atoms with Crippen molar-refractivity contribution < 1.29 is 13.6 Å². The van der Waals surface area contributed by atoms with Gasteiger partial charge in [0.2, 0.25) is 5.91 Å². The van der Waals surface area contributed by atoms with Crippen molar-refractivity contribution in [2.45, 2.75) is 6.42 Å². The molecule has 0 atom stereocenters. The molecule has 0 saturated carbocycles. The lowest BCUT2D eigenvalue weighted by molar-refractivity contribution is -0.130. The van der Waals surface area contributed by atoms with E-state index < -0.39 is 0 Å². The summed E-state index contributed by atoms with van der Waals surface area (Å²) in [6.07, 6.45) is 3.22. The fourth-order valence-corrected chi connectivity index (χ4v) is 3.24. The van der Waals surface area contributed by atoms with E-state index in [-0.39, 0.29) is 24.0 Å². The molecule has 4 rings (SSSR count). The average molecular weight is 356 g/mol. The molecule has 7 heteroatoms. The molecule has 0 bridgehead atoms. The van der Waals surface area contributed by atoms with Crippen LogP contribution in [0.4, 0.5) is 14.5 Å². The van der Waals surface area contributed by atoms with Crippen LogP contribution in [0.1, 0.15) is 5.69 Å². The minimum atomic E-state index is -0.343. The second-order valence-electron chi connectivity index (χ2n) is 6.37. The number of nitrogens with zero attached hydrogens (tertiary/aromatic N) is 4. The summed E-state index contributed by atoms with van der Waals surface area (Å²) >= 11 is 0. The van der Waals surface area contributed by atoms with Crippen molar-refractivity contribution >= 4 is 17.2 Å². The highest BCUT2D eigenvalue weighted by Gasteiger charge is 2.22. The summed E-state index contributed by atoms with van der Waals surface area (Å²) in [7, 11) is 0. The van der Waals surface area contributed by atoms with Gasteiger partial charge in [0.15, 0.2) is 0 Å². The molecule has 1 fully saturated rings. The molecule has 3 aromatic rings. The molecule has 1 aliphatic heterocycles. The van der Waals surface area contributed by atoms with Crippen LogP contribution in [0.3, 0.4) is 0 Å². The second kappa shape index (κ2) is 6.74. The van der Waals surface area contributed by atoms with Crippen molar-refractivity contribution in [3.8, 4) is 0 Å². The number of carbonyl (C=O) groups excluding carboxylic acids is 1. The Morgan fingerprint density at radius 2 is 1.62 bits per heavy atom. The van der Waals surface area contributed by atoms with E-state index in [9.17, 15) is 13.6 Å². The van der Waals surface area contributed by atoms with Gasteiger partial charge < -0.3 is 14.2 Å². The zero-order chi connectivity index (χ0) is 18.1. The molecule has 5 nitrogen and oxygen atoms in total. The van der Waals surface area contributed by atoms with Gasteiger partial charge in [-0.15, -0.1) is 0 Å². The Morgan fingerprint density at radius 1 is 0.923 bits per heavy atom. The summed E-state index contributed by atoms with van der Waals surface area (Å²) in [5.74, 6) is -0.591. The number of pyridine rings is 1. The highest BCUT2D eigenvalue weighted by atomic mass is 19.1. The van der Waals surface area contributed by atoms with Crippen LogP contribution in [0.25, 0.3) is 5.65 Å². The third-order valence-corrected chi connectivity index (χ3v) is 4.62. The number of aromatic nitrogens is 2. The summed E-state index contributed by atoms with van der Waals surface area (Å²) in [5, 5.41) is 0. The van der Waals surface area contributed by atoms with Crippen LogP contribution in [0.15, 0.2) is 48.8 Å². The van der Waals surface area contributed by atoms with E-state index in [4.69, 9.17) is 0 Å². The fraction of sp³-hybridized carbons (Fsp3) is 0.263. The molecule has 1 aliphatic rings. The van der Waals surface area contributed by atoms with Crippen LogP contribution in [0, 0.1) is 11.6 Å². The van der Waals surface area contributed by atoms with Crippen LogP contribution in [0.2, 0.25) is 0 Å². The van der Waals surface area contributed by atoms with Crippen LogP contribution in [0.5, 0.6) is 0 Å². The van der Waals surface area contributed by atoms with E-state index in [2.05, 4.69) is 9.88 Å². The van der Waals surface area contributed by atoms with Crippen LogP contribution < -0.4 is 4.90 Å². The molecule has 3 heterocycles. The Morgan fingerprint density at radius 3 is 2.35 bits per heavy atom. The number of piperazine rings is 1. The first-order valence-electron chi connectivity index (χ1n) is 8.50. The highest BCUT2D eigenvalue weighted by molar-refractivity contribution is 5.78. The molecule has 26 heavy (non-hydrogen) atoms. The first kappa shape index (κ1) is 16.5. The van der Waals surface area contributed by atoms with Crippen molar-refractivity contribution in [1.29, 1.82) is 0 Å². The summed E-state index contributed by atoms with van der Waals surface area (Å²) in [5.41, 5.74) is 2.21. The largest absolute Gasteiger partial charge is 0.368 e. The Bertz CT molecular complexity index is 930. The fourth-order valence-electron chi connectivity index (χ4n) is 3.24. The lowest BCUT2D eigenvalue weighted by Crippen LogP contribution is -2.49. The van der Waals surface area contributed by atoms with Crippen molar-refractivity contribution in [3.63, 3.8) is 0 Å². The summed E-state index contributed by atoms with van der Waals surface area (Å²) in [4.78, 5) is 20.8. The number of carbonyl (C=O) groups is 1. The maximum atomic E-state index is 13.2. The predicted molar refractivity (Wildman–Crippen MR) is 94.0 cm³/mol. The monoisotopic (exact) mass is 356 g/mol. The second-order valence-corrected chi connectivity index (χ2v) is 6.37. The molecule has 0 N–H and O–H groups in total. The number of rotatable bonds is 3. The van der Waals surface area contributed by atoms with E-state index in [0.717, 1.165) is 5.69 Å². The molecule has 0 spiro atoms. The van der Waals surface area contributed by atoms with Gasteiger partial charge in [0.25, 0.3) is 0 Å². The molecular formula is C19H18F2N4O. The summed E-state index contributed by atoms with van der Waals surface area (Å²) < 4.78 is 27.9. The predicted octanol–water partition coefficient (Wildman–Crippen LogP) is 2.50. The van der Waals surface area contributed by atoms with E-state index in [1.54, 1.807) is 28.8 Å². The van der Waals surface area contributed by atoms with E-state index in [1.165, 1.54) is 24.4 Å². The number of fused-ring (bicyclic) bond motifs is 1. The quantitative estimate of drug-likeness (QED) is 0.724. The third kappa shape index (κ3) is 3.37. The summed E-state index contributed by atoms with van der Waals surface area (Å²) in [6, 6.07) is 9.33. The van der Waals surface area contributed by atoms with E-state index in [1.807, 2.05) is 4.90 Å². The minimum Gasteiger partial charge on any atom is -0.368 e. The standard InChI is InChI=1S/C19H18F2N4O/c20-14-1-4-17(5-2-14)23-7-9-24(10-8-23)19(26)11-16-13-25-12-15(21)3-6-18(25)22-16/h1-6,12-13H,7-11H2. The zero-order valence-corrected chi connectivity index (χ0v) is 14.1. The Labute approximate surface area is 149 Å². The molecule has 2 aromatic heterocycles. The van der Waals surface area contributed by atoms with Gasteiger partial charge in [-0.05, 0) is 36.4 Å². The molecular weight excluding hydrogens is 338 g/mol. The minimum absolute atomic E-state index is 0.00707. The molecule has 0 aliphatic carbocycles. The summed E-state index contributed by atoms with van der Waals surface area (Å²) in [6.45, 7) is 2.62. The van der Waals surface area contributed by atoms with Gasteiger partial charge in [0.05, 0.1) is 12.1 Å². The van der Waals surface area contributed by atoms with Crippen LogP contribution in [-0.4, -0.2) is 46.4 Å². The molecule has 0 unspecified atom stereocenters. The van der Waals surface area contributed by atoms with Gasteiger partial charge in [0.1, 0.15) is 17.3 Å². The van der Waals surface area contributed by atoms with Gasteiger partial charge >= 0.3 is 0 Å². The maximum Gasteiger partial charge on any atom is 0.228 e. The van der Waals surface area contributed by atoms with Crippen molar-refractivity contribution in [3.05, 3.63) is 66.1 Å². The Kier molecular flexibility index (Phi) is 4.28. The number of anilines is 1. The van der Waals surface area contributed by atoms with Gasteiger partial charge in [0, 0.05) is 44.3 Å². The molecule has 1 amide bonds. The normalized spacial score (nSPS) is 14.8. The highest BCUT2D eigenvalue weighted by Crippen LogP contribution is 2.17. The lowest BCUT2D eigenvalue weighted by atomic mass is 10.2. The van der Waals surface area contributed by atoms with Crippen LogP contribution >= 0.6 is 0 Å². The van der Waals surface area contributed by atoms with Gasteiger partial charge in [-0.1, -0.05) is 0 Å². The number of halogens is 2. The number of hydrogen-bond acceptors (Lipinski definition) is 3. The van der Waals surface area contributed by atoms with Crippen molar-refractivity contribution in [2.24, 2.45) is 0 Å². The van der Waals surface area contributed by atoms with Gasteiger partial charge in [-0.3, -0.25) is 4.79 Å². The zero-order valence-electron chi connectivity index (χ0n) is 14.1. The number of hydrogen-bond donors (Lipinski definition) is 0. The van der Waals surface area contributed by atoms with E-state index >= 15 is 0 Å². The first-order valence-corrected chi connectivity index (χ1v) is 8.50. The van der Waals surface area contributed by atoms with E-state index in [0.29, 0.717) is 37.5 Å². The van der Waals surface area contributed by atoms with Crippen molar-refractivity contribution in [2.75, 3.05) is 31.1 Å². The SMILES string of the molecule is O=C(Cc1cn2cc(F)ccc2n1)N1CCN(c2ccc(F)cc2)CC1. The molecule has 134 valence electrons. The van der Waals surface area contributed by atoms with Crippen molar-refractivity contribution in [1.82, 2.24) is 14.3 Å². The lowest BCUT2D eigenvalue weighted by Gasteiger charge is -2.36. The molecule has 0 radical (unpaired) electrons. The molecule has 1 saturated heterocycles. The maximum absolute atomic E-state index is 13.2. The number of benzene rings is 1. The topological polar surface area (TPSA) is 40.9 Å². The average Bonchev–Trinajstić information content (AvgIpc) is 3.03. The number of amides is 1. The molecule has 1 aromatic carbocycles. The third-order valence-electron chi connectivity index (χ3n) is 4.62. The number of imidazole rings is 1. The first-order chi connectivity index (χ1) is 12.6. The van der Waals surface area contributed by atoms with Gasteiger partial charge in [-0.25, -0.2) is 13.8 Å². The Hall–Kier alpha value is -2.96. The van der Waals surface area contributed by atoms with Gasteiger partial charge in [-0.2, -0.15) is 0 Å².